The van der Waals surface area contributed by atoms with Crippen LogP contribution in [0.5, 0.6) is 0 Å². The van der Waals surface area contributed by atoms with Crippen molar-refractivity contribution in [3.05, 3.63) is 108 Å². The lowest BCUT2D eigenvalue weighted by Crippen LogP contribution is -1.89. The van der Waals surface area contributed by atoms with Gasteiger partial charge in [0.2, 0.25) is 0 Å². The smallest absolute Gasteiger partial charge is 0.142 e. The minimum Gasteiger partial charge on any atom is -0.299 e. The number of carbonyl (C=O) groups is 1. The molecule has 0 aliphatic carbocycles. The normalized spacial score (nSPS) is 20.1. The Bertz CT molecular complexity index is 933. The van der Waals surface area contributed by atoms with Gasteiger partial charge in [0.25, 0.3) is 0 Å². The van der Waals surface area contributed by atoms with Crippen molar-refractivity contribution in [2.45, 2.75) is 0 Å². The molecule has 5 heterocycles. The SMILES string of the molecule is C1=CC2=NC1=CC1=NC(=CC3=NC(=CC4=NC(=C2)C=C4)C=C3)C=C1.C=CC=O. The molecule has 5 rings (SSSR count). The molecule has 0 aromatic rings. The van der Waals surface area contributed by atoms with E-state index < -0.39 is 0 Å². The van der Waals surface area contributed by atoms with E-state index in [1.165, 1.54) is 6.08 Å². The second-order valence-electron chi connectivity index (χ2n) is 6.13. The molecule has 0 saturated heterocycles. The van der Waals surface area contributed by atoms with Crippen LogP contribution in [0.4, 0.5) is 0 Å². The number of aldehydes is 1. The van der Waals surface area contributed by atoms with Crippen molar-refractivity contribution in [3.63, 3.8) is 0 Å². The number of carbonyl (C=O) groups excluding carboxylic acids is 1. The van der Waals surface area contributed by atoms with Gasteiger partial charge in [-0.1, -0.05) is 6.58 Å². The quantitative estimate of drug-likeness (QED) is 0.513. The van der Waals surface area contributed by atoms with Gasteiger partial charge in [-0.3, -0.25) is 4.79 Å². The molecule has 0 unspecified atom stereocenters. The number of hydrogen-bond donors (Lipinski definition) is 0. The maximum absolute atomic E-state index is 9.06. The monoisotopic (exact) mass is 364 g/mol. The molecule has 0 aromatic heterocycles. The van der Waals surface area contributed by atoms with Crippen LogP contribution in [0.1, 0.15) is 0 Å². The van der Waals surface area contributed by atoms with Gasteiger partial charge in [-0.25, -0.2) is 20.0 Å². The zero-order chi connectivity index (χ0) is 19.3. The van der Waals surface area contributed by atoms with Crippen molar-refractivity contribution >= 4 is 29.1 Å². The zero-order valence-corrected chi connectivity index (χ0v) is 15.0. The number of fused-ring (bicyclic) bond motifs is 4. The molecule has 0 radical (unpaired) electrons. The van der Waals surface area contributed by atoms with Crippen LogP contribution >= 0.6 is 0 Å². The maximum Gasteiger partial charge on any atom is 0.142 e. The van der Waals surface area contributed by atoms with Crippen LogP contribution in [0, 0.1) is 0 Å². The van der Waals surface area contributed by atoms with Gasteiger partial charge in [0.1, 0.15) is 6.29 Å². The predicted molar refractivity (Wildman–Crippen MR) is 115 cm³/mol. The van der Waals surface area contributed by atoms with E-state index in [9.17, 15) is 0 Å². The fourth-order valence-corrected chi connectivity index (χ4v) is 2.83. The standard InChI is InChI=1S/C20H12N4.C3H4O/c1-2-14-10-16-5-6-18(23-16)12-20-8-7-19(24-20)11-17-4-3-15(22-17)9-13(1)21-14;1-2-3-4/h1-12H;2-3H,1H2. The molecule has 134 valence electrons. The third-order valence-corrected chi connectivity index (χ3v) is 4.01. The third-order valence-electron chi connectivity index (χ3n) is 4.01. The fourth-order valence-electron chi connectivity index (χ4n) is 2.83. The Kier molecular flexibility index (Phi) is 4.80. The molecule has 0 fully saturated rings. The van der Waals surface area contributed by atoms with Gasteiger partial charge < -0.3 is 0 Å². The van der Waals surface area contributed by atoms with Gasteiger partial charge in [0.05, 0.1) is 45.6 Å². The van der Waals surface area contributed by atoms with Gasteiger partial charge in [0.15, 0.2) is 0 Å². The minimum atomic E-state index is 0.639. The Labute approximate surface area is 162 Å². The van der Waals surface area contributed by atoms with Gasteiger partial charge in [0, 0.05) is 0 Å². The lowest BCUT2D eigenvalue weighted by molar-refractivity contribution is -0.104. The molecule has 8 bridgehead atoms. The van der Waals surface area contributed by atoms with E-state index in [4.69, 9.17) is 4.79 Å². The molecule has 5 aliphatic heterocycles. The van der Waals surface area contributed by atoms with Gasteiger partial charge in [-0.15, -0.1) is 0 Å². The van der Waals surface area contributed by atoms with Gasteiger partial charge in [-0.05, 0) is 79.0 Å². The summed E-state index contributed by atoms with van der Waals surface area (Å²) < 4.78 is 0. The van der Waals surface area contributed by atoms with Crippen LogP contribution in [0.15, 0.2) is 128 Å². The number of nitrogens with zero attached hydrogens (tertiary/aromatic N) is 4. The Morgan fingerprint density at radius 3 is 1.00 bits per heavy atom. The highest BCUT2D eigenvalue weighted by atomic mass is 16.1. The Hall–Kier alpha value is -3.99. The third kappa shape index (κ3) is 4.04. The topological polar surface area (TPSA) is 66.5 Å². The van der Waals surface area contributed by atoms with Crippen LogP contribution < -0.4 is 0 Å². The highest BCUT2D eigenvalue weighted by Crippen LogP contribution is 2.20. The Morgan fingerprint density at radius 2 is 0.786 bits per heavy atom. The van der Waals surface area contributed by atoms with Crippen molar-refractivity contribution in [1.29, 1.82) is 0 Å². The second kappa shape index (κ2) is 7.72. The van der Waals surface area contributed by atoms with E-state index in [1.807, 2.05) is 72.9 Å². The first-order valence-electron chi connectivity index (χ1n) is 8.72. The summed E-state index contributed by atoms with van der Waals surface area (Å²) in [6.45, 7) is 3.11. The summed E-state index contributed by atoms with van der Waals surface area (Å²) in [5, 5.41) is 0. The highest BCUT2D eigenvalue weighted by molar-refractivity contribution is 6.14. The highest BCUT2D eigenvalue weighted by Gasteiger charge is 2.11. The first kappa shape index (κ1) is 17.4. The summed E-state index contributed by atoms with van der Waals surface area (Å²) >= 11 is 0. The van der Waals surface area contributed by atoms with Crippen LogP contribution in [-0.4, -0.2) is 29.1 Å². The summed E-state index contributed by atoms with van der Waals surface area (Å²) in [5.41, 5.74) is 7.15. The predicted octanol–water partition coefficient (Wildman–Crippen LogP) is 3.95. The van der Waals surface area contributed by atoms with Crippen LogP contribution in [0.2, 0.25) is 0 Å². The van der Waals surface area contributed by atoms with E-state index in [0.717, 1.165) is 45.6 Å². The number of hydrogen-bond acceptors (Lipinski definition) is 5. The molecule has 28 heavy (non-hydrogen) atoms. The average molecular weight is 364 g/mol. The molecule has 5 aliphatic rings. The van der Waals surface area contributed by atoms with Crippen molar-refractivity contribution < 1.29 is 4.79 Å². The zero-order valence-electron chi connectivity index (χ0n) is 15.0. The number of aliphatic imine (C=N–C) groups is 4. The van der Waals surface area contributed by atoms with E-state index in [-0.39, 0.29) is 0 Å². The first-order valence-corrected chi connectivity index (χ1v) is 8.72. The lowest BCUT2D eigenvalue weighted by Gasteiger charge is -1.94. The van der Waals surface area contributed by atoms with Crippen molar-refractivity contribution in [2.24, 2.45) is 20.0 Å². The lowest BCUT2D eigenvalue weighted by atomic mass is 10.2. The Balaban J connectivity index is 0.000000442. The maximum atomic E-state index is 9.06. The van der Waals surface area contributed by atoms with Crippen LogP contribution in [0.3, 0.4) is 0 Å². The summed E-state index contributed by atoms with van der Waals surface area (Å²) in [5.74, 6) is 0. The van der Waals surface area contributed by atoms with Crippen molar-refractivity contribution in [2.75, 3.05) is 0 Å². The molecule has 0 saturated carbocycles. The van der Waals surface area contributed by atoms with Crippen molar-refractivity contribution in [1.82, 2.24) is 0 Å². The molecule has 5 nitrogen and oxygen atoms in total. The molecule has 0 spiro atoms. The number of allylic oxidation sites excluding steroid dienone is 13. The van der Waals surface area contributed by atoms with E-state index in [2.05, 4.69) is 26.5 Å². The molecular formula is C23H16N4O. The van der Waals surface area contributed by atoms with Crippen molar-refractivity contribution in [3.8, 4) is 0 Å². The summed E-state index contributed by atoms with van der Waals surface area (Å²) in [6.07, 6.45) is 25.6. The molecule has 0 N–H and O–H groups in total. The molecule has 0 aromatic carbocycles. The number of rotatable bonds is 1. The largest absolute Gasteiger partial charge is 0.299 e. The molecular weight excluding hydrogens is 348 g/mol. The van der Waals surface area contributed by atoms with E-state index in [0.29, 0.717) is 6.29 Å². The van der Waals surface area contributed by atoms with E-state index in [1.54, 1.807) is 0 Å². The second-order valence-corrected chi connectivity index (χ2v) is 6.13. The van der Waals surface area contributed by atoms with E-state index >= 15 is 0 Å². The van der Waals surface area contributed by atoms with Crippen LogP contribution in [0.25, 0.3) is 0 Å². The minimum absolute atomic E-state index is 0.639. The van der Waals surface area contributed by atoms with Gasteiger partial charge >= 0.3 is 0 Å². The fraction of sp³-hybridized carbons (Fsp3) is 0. The first-order chi connectivity index (χ1) is 13.7. The average Bonchev–Trinajstić information content (AvgIpc) is 3.47. The Morgan fingerprint density at radius 1 is 0.536 bits per heavy atom. The molecule has 0 amide bonds. The molecule has 0 atom stereocenters. The summed E-state index contributed by atoms with van der Waals surface area (Å²) in [7, 11) is 0. The van der Waals surface area contributed by atoms with Gasteiger partial charge in [-0.2, -0.15) is 0 Å². The molecule has 5 heteroatoms. The summed E-state index contributed by atoms with van der Waals surface area (Å²) in [4.78, 5) is 27.4. The van der Waals surface area contributed by atoms with Crippen LogP contribution in [-0.2, 0) is 4.79 Å². The summed E-state index contributed by atoms with van der Waals surface area (Å²) in [6, 6.07) is 0.